The summed E-state index contributed by atoms with van der Waals surface area (Å²) in [6.45, 7) is 4.44. The van der Waals surface area contributed by atoms with Gasteiger partial charge >= 0.3 is 0 Å². The van der Waals surface area contributed by atoms with Crippen LogP contribution in [0.15, 0.2) is 0 Å². The standard InChI is InChI=1S/C7H13NO/c1-3-9-4-2-7(1)5-8-6-7/h8H,1-6H2. The fourth-order valence-corrected chi connectivity index (χ4v) is 1.64. The molecule has 2 fully saturated rings. The van der Waals surface area contributed by atoms with E-state index in [1.54, 1.807) is 0 Å². The maximum atomic E-state index is 5.27. The molecule has 2 nitrogen and oxygen atoms in total. The van der Waals surface area contributed by atoms with E-state index in [2.05, 4.69) is 5.32 Å². The summed E-state index contributed by atoms with van der Waals surface area (Å²) in [6, 6.07) is 0. The van der Waals surface area contributed by atoms with Crippen molar-refractivity contribution in [3.8, 4) is 0 Å². The smallest absolute Gasteiger partial charge is 0.0472 e. The predicted octanol–water partition coefficient (Wildman–Crippen LogP) is 0.386. The minimum atomic E-state index is 0.665. The van der Waals surface area contributed by atoms with Crippen molar-refractivity contribution in [3.63, 3.8) is 0 Å². The van der Waals surface area contributed by atoms with E-state index >= 15 is 0 Å². The van der Waals surface area contributed by atoms with Gasteiger partial charge in [0, 0.05) is 26.3 Å². The summed E-state index contributed by atoms with van der Waals surface area (Å²) in [5, 5.41) is 3.32. The van der Waals surface area contributed by atoms with Gasteiger partial charge in [-0.2, -0.15) is 0 Å². The van der Waals surface area contributed by atoms with Gasteiger partial charge in [-0.3, -0.25) is 0 Å². The Balaban J connectivity index is 1.93. The molecule has 0 bridgehead atoms. The molecule has 0 aromatic heterocycles. The molecule has 0 saturated carbocycles. The molecule has 0 unspecified atom stereocenters. The van der Waals surface area contributed by atoms with Crippen LogP contribution in [0.25, 0.3) is 0 Å². The SMILES string of the molecule is C1CC2(CCO1)CNC2. The molecule has 2 aliphatic heterocycles. The lowest BCUT2D eigenvalue weighted by Crippen LogP contribution is -2.55. The predicted molar refractivity (Wildman–Crippen MR) is 35.4 cm³/mol. The Kier molecular flexibility index (Phi) is 1.24. The van der Waals surface area contributed by atoms with Crippen molar-refractivity contribution >= 4 is 0 Å². The molecule has 52 valence electrons. The topological polar surface area (TPSA) is 21.3 Å². The third kappa shape index (κ3) is 0.864. The van der Waals surface area contributed by atoms with Gasteiger partial charge in [0.05, 0.1) is 0 Å². The third-order valence-corrected chi connectivity index (χ3v) is 2.55. The summed E-state index contributed by atoms with van der Waals surface area (Å²) in [5.74, 6) is 0. The van der Waals surface area contributed by atoms with E-state index in [0.29, 0.717) is 5.41 Å². The monoisotopic (exact) mass is 127 g/mol. The second kappa shape index (κ2) is 1.96. The van der Waals surface area contributed by atoms with E-state index in [1.807, 2.05) is 0 Å². The highest BCUT2D eigenvalue weighted by atomic mass is 16.5. The highest BCUT2D eigenvalue weighted by Crippen LogP contribution is 2.33. The average molecular weight is 127 g/mol. The molecule has 2 aliphatic rings. The van der Waals surface area contributed by atoms with E-state index < -0.39 is 0 Å². The van der Waals surface area contributed by atoms with Crippen LogP contribution in [0.4, 0.5) is 0 Å². The molecule has 1 N–H and O–H groups in total. The van der Waals surface area contributed by atoms with Gasteiger partial charge in [-0.25, -0.2) is 0 Å². The van der Waals surface area contributed by atoms with E-state index in [9.17, 15) is 0 Å². The summed E-state index contributed by atoms with van der Waals surface area (Å²) < 4.78 is 5.27. The quantitative estimate of drug-likeness (QED) is 0.508. The van der Waals surface area contributed by atoms with Crippen molar-refractivity contribution in [1.82, 2.24) is 5.32 Å². The summed E-state index contributed by atoms with van der Waals surface area (Å²) in [5.41, 5.74) is 0.665. The van der Waals surface area contributed by atoms with Gasteiger partial charge in [-0.1, -0.05) is 0 Å². The van der Waals surface area contributed by atoms with Gasteiger partial charge in [0.2, 0.25) is 0 Å². The van der Waals surface area contributed by atoms with Crippen molar-refractivity contribution < 1.29 is 4.74 Å². The molecule has 0 radical (unpaired) electrons. The lowest BCUT2D eigenvalue weighted by Gasteiger charge is -2.45. The van der Waals surface area contributed by atoms with E-state index in [1.165, 1.54) is 25.9 Å². The lowest BCUT2D eigenvalue weighted by molar-refractivity contribution is -0.0130. The summed E-state index contributed by atoms with van der Waals surface area (Å²) in [7, 11) is 0. The fourth-order valence-electron chi connectivity index (χ4n) is 1.64. The van der Waals surface area contributed by atoms with E-state index in [-0.39, 0.29) is 0 Å². The summed E-state index contributed by atoms with van der Waals surface area (Å²) >= 11 is 0. The molecule has 0 aromatic carbocycles. The van der Waals surface area contributed by atoms with Crippen molar-refractivity contribution in [2.75, 3.05) is 26.3 Å². The number of nitrogens with one attached hydrogen (secondary N) is 1. The molecule has 0 aromatic rings. The van der Waals surface area contributed by atoms with Gasteiger partial charge in [-0.15, -0.1) is 0 Å². The van der Waals surface area contributed by atoms with Crippen molar-refractivity contribution in [3.05, 3.63) is 0 Å². The first-order chi connectivity index (χ1) is 4.41. The Hall–Kier alpha value is -0.0800. The Morgan fingerprint density at radius 1 is 1.11 bits per heavy atom. The van der Waals surface area contributed by atoms with Crippen molar-refractivity contribution in [1.29, 1.82) is 0 Å². The Morgan fingerprint density at radius 3 is 2.11 bits per heavy atom. The van der Waals surface area contributed by atoms with Crippen LogP contribution in [0.1, 0.15) is 12.8 Å². The highest BCUT2D eigenvalue weighted by Gasteiger charge is 2.37. The zero-order valence-corrected chi connectivity index (χ0v) is 5.65. The Bertz CT molecular complexity index is 101. The molecule has 9 heavy (non-hydrogen) atoms. The fraction of sp³-hybridized carbons (Fsp3) is 1.00. The zero-order chi connectivity index (χ0) is 6.16. The number of hydrogen-bond donors (Lipinski definition) is 1. The average Bonchev–Trinajstić information content (AvgIpc) is 1.87. The number of hydrogen-bond acceptors (Lipinski definition) is 2. The summed E-state index contributed by atoms with van der Waals surface area (Å²) in [4.78, 5) is 0. The molecule has 0 aliphatic carbocycles. The van der Waals surface area contributed by atoms with Crippen LogP contribution < -0.4 is 5.32 Å². The van der Waals surface area contributed by atoms with Crippen LogP contribution in [0, 0.1) is 5.41 Å². The Labute approximate surface area is 55.6 Å². The molecule has 2 rings (SSSR count). The maximum absolute atomic E-state index is 5.27. The molecular weight excluding hydrogens is 114 g/mol. The van der Waals surface area contributed by atoms with Gasteiger partial charge in [0.1, 0.15) is 0 Å². The molecule has 0 atom stereocenters. The zero-order valence-electron chi connectivity index (χ0n) is 5.65. The maximum Gasteiger partial charge on any atom is 0.0472 e. The second-order valence-electron chi connectivity index (χ2n) is 3.22. The number of rotatable bonds is 0. The summed E-state index contributed by atoms with van der Waals surface area (Å²) in [6.07, 6.45) is 2.56. The first-order valence-electron chi connectivity index (χ1n) is 3.70. The van der Waals surface area contributed by atoms with Crippen LogP contribution in [0.2, 0.25) is 0 Å². The normalized spacial score (nSPS) is 32.0. The first-order valence-corrected chi connectivity index (χ1v) is 3.70. The molecule has 2 heteroatoms. The molecule has 0 amide bonds. The first kappa shape index (κ1) is 5.69. The van der Waals surface area contributed by atoms with Crippen LogP contribution in [0.5, 0.6) is 0 Å². The third-order valence-electron chi connectivity index (χ3n) is 2.55. The van der Waals surface area contributed by atoms with Crippen LogP contribution in [0.3, 0.4) is 0 Å². The van der Waals surface area contributed by atoms with Crippen molar-refractivity contribution in [2.45, 2.75) is 12.8 Å². The molecule has 2 saturated heterocycles. The lowest BCUT2D eigenvalue weighted by atomic mass is 9.75. The second-order valence-corrected chi connectivity index (χ2v) is 3.22. The van der Waals surface area contributed by atoms with Gasteiger partial charge < -0.3 is 10.1 Å². The molecular formula is C7H13NO. The minimum absolute atomic E-state index is 0.665. The largest absolute Gasteiger partial charge is 0.381 e. The van der Waals surface area contributed by atoms with Crippen LogP contribution >= 0.6 is 0 Å². The molecule has 1 spiro atoms. The van der Waals surface area contributed by atoms with Crippen LogP contribution in [-0.2, 0) is 4.74 Å². The number of ether oxygens (including phenoxy) is 1. The van der Waals surface area contributed by atoms with E-state index in [4.69, 9.17) is 4.74 Å². The van der Waals surface area contributed by atoms with Crippen molar-refractivity contribution in [2.24, 2.45) is 5.41 Å². The van der Waals surface area contributed by atoms with Crippen LogP contribution in [-0.4, -0.2) is 26.3 Å². The van der Waals surface area contributed by atoms with E-state index in [0.717, 1.165) is 13.2 Å². The van der Waals surface area contributed by atoms with Gasteiger partial charge in [0.25, 0.3) is 0 Å². The molecule has 2 heterocycles. The highest BCUT2D eigenvalue weighted by molar-refractivity contribution is 4.93. The van der Waals surface area contributed by atoms with Gasteiger partial charge in [-0.05, 0) is 18.3 Å². The minimum Gasteiger partial charge on any atom is -0.381 e. The Morgan fingerprint density at radius 2 is 1.78 bits per heavy atom. The van der Waals surface area contributed by atoms with Gasteiger partial charge in [0.15, 0.2) is 0 Å².